The van der Waals surface area contributed by atoms with E-state index in [-0.39, 0.29) is 12.1 Å². The Bertz CT molecular complexity index is 2600. The van der Waals surface area contributed by atoms with Gasteiger partial charge in [0.15, 0.2) is 10.9 Å². The van der Waals surface area contributed by atoms with Gasteiger partial charge < -0.3 is 25.9 Å². The fraction of sp³-hybridized carbons (Fsp3) is 0.125. The van der Waals surface area contributed by atoms with Gasteiger partial charge in [-0.15, -0.1) is 0 Å². The van der Waals surface area contributed by atoms with Crippen LogP contribution in [0.5, 0.6) is 11.5 Å². The van der Waals surface area contributed by atoms with Crippen molar-refractivity contribution < 1.29 is 9.47 Å². The molecule has 8 aromatic rings. The quantitative estimate of drug-likeness (QED) is 0.0928. The summed E-state index contributed by atoms with van der Waals surface area (Å²) in [4.78, 5) is 19.8. The van der Waals surface area contributed by atoms with Crippen molar-refractivity contribution in [3.05, 3.63) is 191 Å². The molecule has 0 saturated carbocycles. The lowest BCUT2D eigenvalue weighted by molar-refractivity contribution is 0.286. The van der Waals surface area contributed by atoms with E-state index >= 15 is 0 Å². The molecule has 3 aromatic carbocycles. The van der Waals surface area contributed by atoms with E-state index in [9.17, 15) is 0 Å². The van der Waals surface area contributed by atoms with Crippen molar-refractivity contribution in [2.24, 2.45) is 11.5 Å². The van der Waals surface area contributed by atoms with Crippen LogP contribution in [0.25, 0.3) is 46.0 Å². The number of benzene rings is 3. The maximum absolute atomic E-state index is 6.31. The maximum atomic E-state index is 6.31. The largest absolute Gasteiger partial charge is 0.490 e. The molecule has 5 heterocycles. The molecule has 8 rings (SSSR count). The molecule has 5 N–H and O–H groups in total. The van der Waals surface area contributed by atoms with E-state index < -0.39 is 0 Å². The first kappa shape index (κ1) is 39.6. The van der Waals surface area contributed by atoms with Crippen LogP contribution in [-0.4, -0.2) is 50.2 Å². The maximum Gasteiger partial charge on any atom is 0.171 e. The second-order valence-electron chi connectivity index (χ2n) is 13.8. The summed E-state index contributed by atoms with van der Waals surface area (Å²) < 4.78 is 11.8. The Hall–Kier alpha value is -6.65. The predicted molar refractivity (Wildman–Crippen MR) is 236 cm³/mol. The number of nitrogens with two attached hydrogens (primary N) is 2. The number of nitrogens with zero attached hydrogens (tertiary/aromatic N) is 4. The second-order valence-corrected chi connectivity index (χ2v) is 14.2. The summed E-state index contributed by atoms with van der Waals surface area (Å²) in [6, 6.07) is 34.3. The van der Waals surface area contributed by atoms with Gasteiger partial charge in [-0.25, -0.2) is 4.98 Å². The number of para-hydroxylation sites is 1. The fourth-order valence-corrected chi connectivity index (χ4v) is 6.50. The Morgan fingerprint density at radius 3 is 2.00 bits per heavy atom. The summed E-state index contributed by atoms with van der Waals surface area (Å²) in [5.74, 6) is 1.24. The van der Waals surface area contributed by atoms with Crippen molar-refractivity contribution in [1.82, 2.24) is 24.9 Å². The highest BCUT2D eigenvalue weighted by Crippen LogP contribution is 2.25. The van der Waals surface area contributed by atoms with Gasteiger partial charge in [0, 0.05) is 66.4 Å². The highest BCUT2D eigenvalue weighted by molar-refractivity contribution is 6.30. The van der Waals surface area contributed by atoms with Crippen LogP contribution in [0.4, 0.5) is 0 Å². The van der Waals surface area contributed by atoms with Gasteiger partial charge in [-0.3, -0.25) is 15.0 Å². The van der Waals surface area contributed by atoms with Gasteiger partial charge in [-0.05, 0) is 99.5 Å². The van der Waals surface area contributed by atoms with Crippen molar-refractivity contribution >= 4 is 57.6 Å². The molecule has 0 saturated heterocycles. The number of H-pyrrole nitrogens is 1. The molecular weight excluding hydrogens is 742 g/mol. The summed E-state index contributed by atoms with van der Waals surface area (Å²) in [5, 5.41) is 3.98. The SMILES string of the molecule is N[C@H](COc1cc(C=Cc2ccncc2)cnc1Cl)Cc1c[nH]c2ccccc12.N[C@H](COc1cncc(C=Cc2ccncc2)c1)Cc1ccc2ccccc2c1. The molecule has 5 aromatic heterocycles. The molecule has 0 fully saturated rings. The summed E-state index contributed by atoms with van der Waals surface area (Å²) >= 11 is 6.20. The van der Waals surface area contributed by atoms with Crippen molar-refractivity contribution in [2.45, 2.75) is 24.9 Å². The first-order valence-electron chi connectivity index (χ1n) is 19.0. The monoisotopic (exact) mass is 785 g/mol. The molecule has 2 atom stereocenters. The molecule has 0 radical (unpaired) electrons. The molecule has 0 amide bonds. The topological polar surface area (TPSA) is 138 Å². The first-order chi connectivity index (χ1) is 28.4. The van der Waals surface area contributed by atoms with Gasteiger partial charge in [-0.2, -0.15) is 0 Å². The number of ether oxygens (including phenoxy) is 2. The number of aromatic amines is 1. The second kappa shape index (κ2) is 20.0. The summed E-state index contributed by atoms with van der Waals surface area (Å²) in [6.07, 6.45) is 23.7. The van der Waals surface area contributed by atoms with E-state index in [4.69, 9.17) is 32.5 Å². The average molecular weight is 786 g/mol. The minimum Gasteiger partial charge on any atom is -0.490 e. The number of rotatable bonds is 14. The molecule has 9 nitrogen and oxygen atoms in total. The average Bonchev–Trinajstić information content (AvgIpc) is 3.67. The number of nitrogens with one attached hydrogen (secondary N) is 1. The van der Waals surface area contributed by atoms with Crippen LogP contribution in [-0.2, 0) is 12.8 Å². The Morgan fingerprint density at radius 1 is 0.603 bits per heavy atom. The zero-order valence-electron chi connectivity index (χ0n) is 31.9. The van der Waals surface area contributed by atoms with Gasteiger partial charge >= 0.3 is 0 Å². The number of aromatic nitrogens is 5. The van der Waals surface area contributed by atoms with E-state index in [0.29, 0.717) is 30.5 Å². The molecular formula is C48H44ClN7O2. The van der Waals surface area contributed by atoms with Crippen LogP contribution in [0.2, 0.25) is 5.15 Å². The number of fused-ring (bicyclic) bond motifs is 2. The van der Waals surface area contributed by atoms with Gasteiger partial charge in [0.2, 0.25) is 0 Å². The van der Waals surface area contributed by atoms with Gasteiger partial charge in [0.1, 0.15) is 19.0 Å². The Kier molecular flexibility index (Phi) is 13.6. The zero-order valence-corrected chi connectivity index (χ0v) is 32.6. The van der Waals surface area contributed by atoms with E-state index in [1.54, 1.807) is 43.4 Å². The number of hydrogen-bond acceptors (Lipinski definition) is 8. The van der Waals surface area contributed by atoms with Crippen LogP contribution < -0.4 is 20.9 Å². The molecule has 0 unspecified atom stereocenters. The van der Waals surface area contributed by atoms with E-state index in [0.717, 1.165) is 39.9 Å². The van der Waals surface area contributed by atoms with Crippen molar-refractivity contribution in [2.75, 3.05) is 13.2 Å². The third kappa shape index (κ3) is 11.5. The predicted octanol–water partition coefficient (Wildman–Crippen LogP) is 9.48. The van der Waals surface area contributed by atoms with Crippen LogP contribution >= 0.6 is 11.6 Å². The standard InChI is InChI=1S/C25H23N3O.C23H21ClN4O/c26-24(14-20-7-8-22-3-1-2-4-23(22)13-20)18-29-25-15-21(16-28-17-25)6-5-19-9-11-27-12-10-19;24-23-22(11-17(13-28-23)6-5-16-7-9-26-10-8-16)29-15-19(25)12-18-14-27-21-4-2-1-3-20(18)21/h1-13,15-17,24H,14,18,26H2;1-11,13-14,19,27H,12,15,25H2/t24-;19-/m00/s1. The van der Waals surface area contributed by atoms with Crippen molar-refractivity contribution in [3.63, 3.8) is 0 Å². The highest BCUT2D eigenvalue weighted by atomic mass is 35.5. The molecule has 10 heteroatoms. The van der Waals surface area contributed by atoms with Crippen LogP contribution in [0.1, 0.15) is 33.4 Å². The molecule has 0 aliphatic carbocycles. The molecule has 0 bridgehead atoms. The van der Waals surface area contributed by atoms with E-state index in [1.807, 2.05) is 79.0 Å². The van der Waals surface area contributed by atoms with Gasteiger partial charge in [-0.1, -0.05) is 96.6 Å². The van der Waals surface area contributed by atoms with Crippen molar-refractivity contribution in [1.29, 1.82) is 0 Å². The molecule has 0 aliphatic rings. The number of hydrogen-bond donors (Lipinski definition) is 3. The first-order valence-corrected chi connectivity index (χ1v) is 19.4. The van der Waals surface area contributed by atoms with Crippen molar-refractivity contribution in [3.8, 4) is 11.5 Å². The minimum atomic E-state index is -0.165. The smallest absolute Gasteiger partial charge is 0.171 e. The Morgan fingerprint density at radius 2 is 1.24 bits per heavy atom. The minimum absolute atomic E-state index is 0.0906. The van der Waals surface area contributed by atoms with E-state index in [2.05, 4.69) is 79.5 Å². The molecule has 290 valence electrons. The summed E-state index contributed by atoms with van der Waals surface area (Å²) in [5.41, 5.74) is 20.1. The number of pyridine rings is 4. The lowest BCUT2D eigenvalue weighted by atomic mass is 10.0. The van der Waals surface area contributed by atoms with Gasteiger partial charge in [0.25, 0.3) is 0 Å². The molecule has 58 heavy (non-hydrogen) atoms. The normalized spacial score (nSPS) is 12.4. The number of halogens is 1. The Balaban J connectivity index is 0.000000177. The third-order valence-corrected chi connectivity index (χ3v) is 9.58. The van der Waals surface area contributed by atoms with Crippen LogP contribution in [0.3, 0.4) is 0 Å². The lowest BCUT2D eigenvalue weighted by Crippen LogP contribution is -2.30. The molecule has 0 spiro atoms. The van der Waals surface area contributed by atoms with Crippen LogP contribution in [0, 0.1) is 0 Å². The third-order valence-electron chi connectivity index (χ3n) is 9.30. The summed E-state index contributed by atoms with van der Waals surface area (Å²) in [7, 11) is 0. The van der Waals surface area contributed by atoms with Gasteiger partial charge in [0.05, 0.1) is 6.20 Å². The Labute approximate surface area is 343 Å². The zero-order chi connectivity index (χ0) is 39.9. The van der Waals surface area contributed by atoms with Crippen LogP contribution in [0.15, 0.2) is 153 Å². The summed E-state index contributed by atoms with van der Waals surface area (Å²) in [6.45, 7) is 0.782. The van der Waals surface area contributed by atoms with E-state index in [1.165, 1.54) is 27.3 Å². The molecule has 0 aliphatic heterocycles. The highest BCUT2D eigenvalue weighted by Gasteiger charge is 2.12. The fourth-order valence-electron chi connectivity index (χ4n) is 6.34. The lowest BCUT2D eigenvalue weighted by Gasteiger charge is -2.14.